The fourth-order valence-corrected chi connectivity index (χ4v) is 4.79. The number of ether oxygens (including phenoxy) is 4. The zero-order chi connectivity index (χ0) is 25.7. The first-order chi connectivity index (χ1) is 18.0. The highest BCUT2D eigenvalue weighted by atomic mass is 16.5. The van der Waals surface area contributed by atoms with E-state index < -0.39 is 11.9 Å². The van der Waals surface area contributed by atoms with E-state index in [9.17, 15) is 14.4 Å². The highest BCUT2D eigenvalue weighted by Gasteiger charge is 2.39. The van der Waals surface area contributed by atoms with Crippen molar-refractivity contribution < 1.29 is 33.0 Å². The van der Waals surface area contributed by atoms with Crippen molar-refractivity contribution in [3.63, 3.8) is 0 Å². The molecule has 184 valence electrons. The smallest absolute Gasteiger partial charge is 0.312 e. The van der Waals surface area contributed by atoms with Gasteiger partial charge in [0.25, 0.3) is 0 Å². The van der Waals surface area contributed by atoms with Crippen molar-refractivity contribution in [2.24, 2.45) is 0 Å². The molecular weight excluding hydrogens is 476 g/mol. The summed E-state index contributed by atoms with van der Waals surface area (Å²) in [7, 11) is 3.05. The van der Waals surface area contributed by atoms with Gasteiger partial charge in [0.05, 0.1) is 37.9 Å². The third-order valence-corrected chi connectivity index (χ3v) is 6.59. The number of allylic oxidation sites excluding steroid dienone is 1. The normalized spacial score (nSPS) is 17.2. The third kappa shape index (κ3) is 3.65. The Morgan fingerprint density at radius 3 is 2.59 bits per heavy atom. The molecule has 0 saturated heterocycles. The number of esters is 1. The SMILES string of the molecule is COc1ccc2occ([C@@H]3CC(=O)Oc4ccc5c(c43)O/C(=C\c3ccccc3OC)C5=O)c(=O)c2c1. The first kappa shape index (κ1) is 22.6. The maximum Gasteiger partial charge on any atom is 0.312 e. The van der Waals surface area contributed by atoms with Crippen LogP contribution in [-0.4, -0.2) is 26.0 Å². The summed E-state index contributed by atoms with van der Waals surface area (Å²) in [5, 5.41) is 0.318. The number of methoxy groups -OCH3 is 2. The molecule has 0 fully saturated rings. The maximum atomic E-state index is 13.6. The van der Waals surface area contributed by atoms with E-state index >= 15 is 0 Å². The molecule has 0 saturated carbocycles. The van der Waals surface area contributed by atoms with Crippen LogP contribution in [0.1, 0.15) is 39.4 Å². The van der Waals surface area contributed by atoms with Crippen molar-refractivity contribution in [3.8, 4) is 23.0 Å². The second-order valence-electron chi connectivity index (χ2n) is 8.65. The highest BCUT2D eigenvalue weighted by Crippen LogP contribution is 2.48. The number of fused-ring (bicyclic) bond motifs is 4. The van der Waals surface area contributed by atoms with Gasteiger partial charge in [0.2, 0.25) is 5.78 Å². The van der Waals surface area contributed by atoms with Crippen molar-refractivity contribution >= 4 is 28.8 Å². The molecule has 3 heterocycles. The van der Waals surface area contributed by atoms with Crippen LogP contribution in [0.15, 0.2) is 75.8 Å². The van der Waals surface area contributed by atoms with E-state index in [1.54, 1.807) is 55.7 Å². The molecule has 0 unspecified atom stereocenters. The molecule has 1 aromatic heterocycles. The molecule has 2 aliphatic rings. The monoisotopic (exact) mass is 496 g/mol. The number of para-hydroxylation sites is 1. The van der Waals surface area contributed by atoms with Gasteiger partial charge in [-0.2, -0.15) is 0 Å². The summed E-state index contributed by atoms with van der Waals surface area (Å²) in [6, 6.07) is 15.3. The number of Topliss-reactive ketones (excluding diaryl/α,β-unsaturated/α-hetero) is 1. The first-order valence-electron chi connectivity index (χ1n) is 11.5. The molecule has 37 heavy (non-hydrogen) atoms. The Labute approximate surface area is 210 Å². The Morgan fingerprint density at radius 1 is 0.946 bits per heavy atom. The lowest BCUT2D eigenvalue weighted by Crippen LogP contribution is -2.25. The minimum atomic E-state index is -0.739. The summed E-state index contributed by atoms with van der Waals surface area (Å²) in [5.74, 6) is 0.103. The molecule has 1 atom stereocenters. The van der Waals surface area contributed by atoms with E-state index in [0.717, 1.165) is 0 Å². The Morgan fingerprint density at radius 2 is 1.78 bits per heavy atom. The topological polar surface area (TPSA) is 101 Å². The van der Waals surface area contributed by atoms with E-state index in [0.29, 0.717) is 39.2 Å². The van der Waals surface area contributed by atoms with Crippen molar-refractivity contribution in [2.45, 2.75) is 12.3 Å². The van der Waals surface area contributed by atoms with E-state index in [-0.39, 0.29) is 40.5 Å². The van der Waals surface area contributed by atoms with E-state index in [1.165, 1.54) is 13.4 Å². The molecule has 0 N–H and O–H groups in total. The molecule has 0 spiro atoms. The lowest BCUT2D eigenvalue weighted by molar-refractivity contribution is -0.135. The summed E-state index contributed by atoms with van der Waals surface area (Å²) in [4.78, 5) is 39.3. The average molecular weight is 496 g/mol. The Kier molecular flexibility index (Phi) is 5.30. The van der Waals surface area contributed by atoms with Gasteiger partial charge in [-0.1, -0.05) is 18.2 Å². The van der Waals surface area contributed by atoms with Crippen molar-refractivity contribution in [3.05, 3.63) is 99.1 Å². The van der Waals surface area contributed by atoms with Gasteiger partial charge in [0, 0.05) is 22.6 Å². The number of benzene rings is 3. The largest absolute Gasteiger partial charge is 0.497 e. The van der Waals surface area contributed by atoms with Crippen LogP contribution in [0, 0.1) is 0 Å². The number of carbonyl (C=O) groups excluding carboxylic acids is 2. The third-order valence-electron chi connectivity index (χ3n) is 6.59. The van der Waals surface area contributed by atoms with E-state index in [2.05, 4.69) is 0 Å². The molecule has 0 bridgehead atoms. The minimum Gasteiger partial charge on any atom is -0.497 e. The Balaban J connectivity index is 1.50. The molecule has 2 aliphatic heterocycles. The van der Waals surface area contributed by atoms with Gasteiger partial charge in [-0.05, 0) is 42.5 Å². The summed E-state index contributed by atoms with van der Waals surface area (Å²) >= 11 is 0. The van der Waals surface area contributed by atoms with E-state index in [4.69, 9.17) is 23.4 Å². The number of rotatable bonds is 4. The van der Waals surface area contributed by atoms with Gasteiger partial charge >= 0.3 is 5.97 Å². The molecule has 4 aromatic rings. The van der Waals surface area contributed by atoms with Crippen LogP contribution in [0.4, 0.5) is 0 Å². The van der Waals surface area contributed by atoms with Crippen LogP contribution >= 0.6 is 0 Å². The van der Waals surface area contributed by atoms with Gasteiger partial charge in [0.1, 0.15) is 28.6 Å². The number of hydrogen-bond donors (Lipinski definition) is 0. The average Bonchev–Trinajstić information content (AvgIpc) is 3.23. The Bertz CT molecular complexity index is 1690. The van der Waals surface area contributed by atoms with Crippen molar-refractivity contribution in [1.29, 1.82) is 0 Å². The summed E-state index contributed by atoms with van der Waals surface area (Å²) in [6.07, 6.45) is 2.84. The fraction of sp³-hybridized carbons (Fsp3) is 0.138. The highest BCUT2D eigenvalue weighted by molar-refractivity contribution is 6.15. The molecule has 0 amide bonds. The van der Waals surface area contributed by atoms with Crippen molar-refractivity contribution in [1.82, 2.24) is 0 Å². The predicted molar refractivity (Wildman–Crippen MR) is 134 cm³/mol. The molecule has 0 radical (unpaired) electrons. The molecule has 8 heteroatoms. The molecular formula is C29H20O8. The van der Waals surface area contributed by atoms with Crippen LogP contribution in [0.3, 0.4) is 0 Å². The number of carbonyl (C=O) groups is 2. The molecule has 0 aliphatic carbocycles. The lowest BCUT2D eigenvalue weighted by Gasteiger charge is -2.25. The second-order valence-corrected chi connectivity index (χ2v) is 8.65. The number of ketones is 1. The van der Waals surface area contributed by atoms with Gasteiger partial charge in [-0.25, -0.2) is 0 Å². The predicted octanol–water partition coefficient (Wildman–Crippen LogP) is 4.87. The zero-order valence-electron chi connectivity index (χ0n) is 19.9. The molecule has 8 nitrogen and oxygen atoms in total. The van der Waals surface area contributed by atoms with Crippen LogP contribution < -0.4 is 24.4 Å². The Hall–Kier alpha value is -4.85. The van der Waals surface area contributed by atoms with Gasteiger partial charge in [0.15, 0.2) is 11.2 Å². The van der Waals surface area contributed by atoms with Gasteiger partial charge in [-0.15, -0.1) is 0 Å². The standard InChI is InChI=1S/C29H20O8/c1-33-16-7-9-22-19(12-16)27(31)20(14-35-22)18-13-25(30)36-23-10-8-17-28(32)24(37-29(17)26(18)23)11-15-5-3-4-6-21(15)34-2/h3-12,14,18H,13H2,1-2H3/b24-11-/t18-/m0/s1. The molecule has 6 rings (SSSR count). The lowest BCUT2D eigenvalue weighted by atomic mass is 9.85. The van der Waals surface area contributed by atoms with Crippen LogP contribution in [0.2, 0.25) is 0 Å². The zero-order valence-corrected chi connectivity index (χ0v) is 19.9. The van der Waals surface area contributed by atoms with Crippen LogP contribution in [0.25, 0.3) is 17.0 Å². The van der Waals surface area contributed by atoms with Crippen LogP contribution in [0.5, 0.6) is 23.0 Å². The second kappa shape index (κ2) is 8.67. The van der Waals surface area contributed by atoms with Gasteiger partial charge in [-0.3, -0.25) is 14.4 Å². The molecule has 3 aromatic carbocycles. The van der Waals surface area contributed by atoms with Crippen molar-refractivity contribution in [2.75, 3.05) is 14.2 Å². The first-order valence-corrected chi connectivity index (χ1v) is 11.5. The summed E-state index contributed by atoms with van der Waals surface area (Å²) in [5.41, 5.74) is 1.77. The fourth-order valence-electron chi connectivity index (χ4n) is 4.79. The summed E-state index contributed by atoms with van der Waals surface area (Å²) in [6.45, 7) is 0. The number of hydrogen-bond acceptors (Lipinski definition) is 8. The summed E-state index contributed by atoms with van der Waals surface area (Å²) < 4.78 is 28.0. The maximum absolute atomic E-state index is 13.6. The van der Waals surface area contributed by atoms with E-state index in [1.807, 2.05) is 12.1 Å². The minimum absolute atomic E-state index is 0.0961. The van der Waals surface area contributed by atoms with Crippen LogP contribution in [-0.2, 0) is 4.79 Å². The van der Waals surface area contributed by atoms with Gasteiger partial charge < -0.3 is 23.4 Å². The quantitative estimate of drug-likeness (QED) is 0.224.